The van der Waals surface area contributed by atoms with Gasteiger partial charge in [0.15, 0.2) is 0 Å². The second kappa shape index (κ2) is 9.23. The number of amides is 2. The van der Waals surface area contributed by atoms with Crippen LogP contribution in [-0.4, -0.2) is 70.0 Å². The van der Waals surface area contributed by atoms with Gasteiger partial charge in [0.25, 0.3) is 0 Å². The first-order valence-corrected chi connectivity index (χ1v) is 11.3. The summed E-state index contributed by atoms with van der Waals surface area (Å²) in [5, 5.41) is 3.22. The van der Waals surface area contributed by atoms with E-state index < -0.39 is 0 Å². The molecule has 2 aliphatic rings. The molecule has 162 valence electrons. The number of nitrogen functional groups attached to an aromatic ring is 1. The number of carbonyl (C=O) groups excluding carboxylic acids is 2. The van der Waals surface area contributed by atoms with Crippen LogP contribution in [0.5, 0.6) is 0 Å². The minimum atomic E-state index is -0.283. The molecule has 0 unspecified atom stereocenters. The Kier molecular flexibility index (Phi) is 7.08. The zero-order chi connectivity index (χ0) is 21.9. The highest BCUT2D eigenvalue weighted by atomic mass is 35.5. The zero-order valence-corrected chi connectivity index (χ0v) is 19.2. The lowest BCUT2D eigenvalue weighted by molar-refractivity contribution is -0.135. The molecule has 3 rings (SSSR count). The van der Waals surface area contributed by atoms with Gasteiger partial charge in [-0.1, -0.05) is 31.4 Å². The zero-order valence-electron chi connectivity index (χ0n) is 18.5. The van der Waals surface area contributed by atoms with Crippen molar-refractivity contribution in [1.29, 1.82) is 0 Å². The minimum Gasteiger partial charge on any atom is -0.398 e. The van der Waals surface area contributed by atoms with Crippen molar-refractivity contribution < 1.29 is 9.59 Å². The van der Waals surface area contributed by atoms with Crippen LogP contribution in [0.25, 0.3) is 0 Å². The van der Waals surface area contributed by atoms with Crippen LogP contribution in [0.15, 0.2) is 18.2 Å². The summed E-state index contributed by atoms with van der Waals surface area (Å²) in [7, 11) is 4.27. The molecule has 6 nitrogen and oxygen atoms in total. The van der Waals surface area contributed by atoms with E-state index in [1.807, 2.05) is 17.0 Å². The topological polar surface area (TPSA) is 78.7 Å². The lowest BCUT2D eigenvalue weighted by Gasteiger charge is -2.45. The molecule has 1 heterocycles. The highest BCUT2D eigenvalue weighted by molar-refractivity contribution is 6.40. The van der Waals surface area contributed by atoms with Gasteiger partial charge >= 0.3 is 0 Å². The Morgan fingerprint density at radius 2 is 1.83 bits per heavy atom. The van der Waals surface area contributed by atoms with E-state index in [4.69, 9.17) is 17.3 Å². The number of hydrogen-bond acceptors (Lipinski definition) is 4. The molecular weight excluding hydrogens is 397 g/mol. The molecule has 0 spiro atoms. The molecule has 9 heteroatoms. The highest BCUT2D eigenvalue weighted by Crippen LogP contribution is 2.40. The summed E-state index contributed by atoms with van der Waals surface area (Å²) in [6, 6.07) is 5.57. The Morgan fingerprint density at radius 3 is 2.47 bits per heavy atom. The maximum atomic E-state index is 12.6. The Balaban J connectivity index is 1.49. The van der Waals surface area contributed by atoms with Crippen LogP contribution in [0.3, 0.4) is 0 Å². The molecule has 1 aromatic carbocycles. The molecule has 0 atom stereocenters. The number of anilines is 1. The van der Waals surface area contributed by atoms with E-state index in [2.05, 4.69) is 32.8 Å². The van der Waals surface area contributed by atoms with Gasteiger partial charge in [-0.15, -0.1) is 0 Å². The molecule has 1 saturated heterocycles. The summed E-state index contributed by atoms with van der Waals surface area (Å²) < 4.78 is 0. The van der Waals surface area contributed by atoms with Crippen LogP contribution in [0.4, 0.5) is 5.69 Å². The van der Waals surface area contributed by atoms with Crippen LogP contribution in [0.2, 0.25) is 5.02 Å². The van der Waals surface area contributed by atoms with Gasteiger partial charge in [0.05, 0.1) is 6.54 Å². The van der Waals surface area contributed by atoms with E-state index in [0.717, 1.165) is 37.2 Å². The molecule has 0 aromatic heterocycles. The highest BCUT2D eigenvalue weighted by Gasteiger charge is 2.34. The molecule has 2 amide bonds. The second-order valence-electron chi connectivity index (χ2n) is 9.63. The standard InChI is InChI=1S/C21H33B2ClN4O2/c1-20(6-2-3-7-20)13-18(29)26-14-19(30)27-8-10-28(11-9-27)21(22,23)16-12-15(24)4-5-17(16)25/h4-5,12H,2-3,6-11,13-14,22-23,25H2,1H3,(H,26,29). The lowest BCUT2D eigenvalue weighted by atomic mass is 9.56. The Bertz CT molecular complexity index is 791. The summed E-state index contributed by atoms with van der Waals surface area (Å²) in [5.41, 5.74) is 8.03. The van der Waals surface area contributed by atoms with Gasteiger partial charge in [-0.05, 0) is 47.4 Å². The quantitative estimate of drug-likeness (QED) is 0.510. The normalized spacial score (nSPS) is 19.6. The van der Waals surface area contributed by atoms with E-state index in [1.165, 1.54) is 12.8 Å². The lowest BCUT2D eigenvalue weighted by Crippen LogP contribution is -2.58. The number of nitrogens with zero attached hydrogens (tertiary/aromatic N) is 2. The van der Waals surface area contributed by atoms with Gasteiger partial charge in [-0.3, -0.25) is 9.59 Å². The number of benzene rings is 1. The first-order chi connectivity index (χ1) is 14.1. The first kappa shape index (κ1) is 23.0. The number of nitrogens with two attached hydrogens (primary N) is 1. The summed E-state index contributed by atoms with van der Waals surface area (Å²) in [4.78, 5) is 29.0. The van der Waals surface area contributed by atoms with Crippen molar-refractivity contribution in [2.75, 3.05) is 38.5 Å². The van der Waals surface area contributed by atoms with Gasteiger partial charge in [0.1, 0.15) is 15.7 Å². The number of carbonyl (C=O) groups is 2. The average Bonchev–Trinajstić information content (AvgIpc) is 3.13. The largest absolute Gasteiger partial charge is 0.398 e. The van der Waals surface area contributed by atoms with Crippen LogP contribution in [-0.2, 0) is 14.9 Å². The van der Waals surface area contributed by atoms with Crippen LogP contribution in [0, 0.1) is 5.41 Å². The van der Waals surface area contributed by atoms with Gasteiger partial charge < -0.3 is 20.9 Å². The molecule has 30 heavy (non-hydrogen) atoms. The van der Waals surface area contributed by atoms with Crippen molar-refractivity contribution in [3.8, 4) is 0 Å². The van der Waals surface area contributed by atoms with Crippen LogP contribution < -0.4 is 11.1 Å². The summed E-state index contributed by atoms with van der Waals surface area (Å²) in [5.74, 6) is -0.0244. The molecule has 0 bridgehead atoms. The third-order valence-electron chi connectivity index (χ3n) is 6.93. The van der Waals surface area contributed by atoms with Gasteiger partial charge in [0.2, 0.25) is 11.8 Å². The van der Waals surface area contributed by atoms with E-state index in [1.54, 1.807) is 6.07 Å². The molecular formula is C21H33B2ClN4O2. The van der Waals surface area contributed by atoms with E-state index in [-0.39, 0.29) is 29.1 Å². The van der Waals surface area contributed by atoms with Gasteiger partial charge in [0, 0.05) is 43.3 Å². The molecule has 2 fully saturated rings. The van der Waals surface area contributed by atoms with Crippen LogP contribution in [0.1, 0.15) is 44.6 Å². The summed E-state index contributed by atoms with van der Waals surface area (Å²) >= 11 is 6.19. The smallest absolute Gasteiger partial charge is 0.242 e. The maximum Gasteiger partial charge on any atom is 0.242 e. The van der Waals surface area contributed by atoms with Crippen molar-refractivity contribution >= 4 is 44.8 Å². The number of nitrogens with one attached hydrogen (secondary N) is 1. The van der Waals surface area contributed by atoms with Gasteiger partial charge in [-0.2, -0.15) is 0 Å². The predicted molar refractivity (Wildman–Crippen MR) is 127 cm³/mol. The Morgan fingerprint density at radius 1 is 1.20 bits per heavy atom. The number of halogens is 1. The van der Waals surface area contributed by atoms with E-state index >= 15 is 0 Å². The third-order valence-corrected chi connectivity index (χ3v) is 7.17. The number of hydrogen-bond donors (Lipinski definition) is 2. The molecule has 1 saturated carbocycles. The molecule has 1 aliphatic heterocycles. The fourth-order valence-electron chi connectivity index (χ4n) is 4.89. The van der Waals surface area contributed by atoms with E-state index in [9.17, 15) is 9.59 Å². The molecule has 3 N–H and O–H groups in total. The third kappa shape index (κ3) is 5.33. The molecule has 1 aliphatic carbocycles. The van der Waals surface area contributed by atoms with Crippen molar-refractivity contribution in [2.24, 2.45) is 5.41 Å². The second-order valence-corrected chi connectivity index (χ2v) is 10.1. The molecule has 0 radical (unpaired) electrons. The minimum absolute atomic E-state index is 0.0102. The fraction of sp³-hybridized carbons (Fsp3) is 0.619. The SMILES string of the molecule is BC(B)(c1cc(Cl)ccc1N)N1CCN(C(=O)CNC(=O)CC2(C)CCCC2)CC1. The monoisotopic (exact) mass is 430 g/mol. The fourth-order valence-corrected chi connectivity index (χ4v) is 5.06. The first-order valence-electron chi connectivity index (χ1n) is 11.0. The van der Waals surface area contributed by atoms with Gasteiger partial charge in [-0.25, -0.2) is 0 Å². The van der Waals surface area contributed by atoms with E-state index in [0.29, 0.717) is 24.5 Å². The predicted octanol–water partition coefficient (Wildman–Crippen LogP) is 0.529. The number of rotatable bonds is 6. The summed E-state index contributed by atoms with van der Waals surface area (Å²) in [6.45, 7) is 5.02. The van der Waals surface area contributed by atoms with Crippen molar-refractivity contribution in [2.45, 2.75) is 44.4 Å². The Labute approximate surface area is 186 Å². The summed E-state index contributed by atoms with van der Waals surface area (Å²) in [6.07, 6.45) is 5.12. The van der Waals surface area contributed by atoms with Crippen LogP contribution >= 0.6 is 11.6 Å². The van der Waals surface area contributed by atoms with Crippen molar-refractivity contribution in [3.63, 3.8) is 0 Å². The Hall–Kier alpha value is -1.66. The number of piperazine rings is 1. The maximum absolute atomic E-state index is 12.6. The average molecular weight is 431 g/mol. The molecule has 1 aromatic rings. The van der Waals surface area contributed by atoms with Crippen molar-refractivity contribution in [1.82, 2.24) is 15.1 Å². The van der Waals surface area contributed by atoms with Crippen molar-refractivity contribution in [3.05, 3.63) is 28.8 Å².